The van der Waals surface area contributed by atoms with Crippen molar-refractivity contribution in [2.24, 2.45) is 0 Å². The maximum absolute atomic E-state index is 12.0. The Kier molecular flexibility index (Phi) is 5.40. The second-order valence-corrected chi connectivity index (χ2v) is 7.21. The van der Waals surface area contributed by atoms with Gasteiger partial charge in [-0.2, -0.15) is 0 Å². The Morgan fingerprint density at radius 2 is 2.10 bits per heavy atom. The van der Waals surface area contributed by atoms with Gasteiger partial charge in [-0.1, -0.05) is 29.8 Å². The Morgan fingerprint density at radius 3 is 2.75 bits per heavy atom. The summed E-state index contributed by atoms with van der Waals surface area (Å²) in [6.45, 7) is 0.599. The molecule has 1 aromatic carbocycles. The summed E-state index contributed by atoms with van der Waals surface area (Å²) < 4.78 is 1.07. The van der Waals surface area contributed by atoms with Crippen LogP contribution in [0.25, 0.3) is 6.08 Å². The van der Waals surface area contributed by atoms with Crippen molar-refractivity contribution in [3.05, 3.63) is 61.7 Å². The van der Waals surface area contributed by atoms with Crippen molar-refractivity contribution in [1.82, 2.24) is 4.90 Å². The Labute approximate surface area is 135 Å². The van der Waals surface area contributed by atoms with E-state index in [0.717, 1.165) is 14.2 Å². The van der Waals surface area contributed by atoms with Crippen LogP contribution in [0.15, 0.2) is 46.3 Å². The monoisotopic (exact) mass is 369 g/mol. The smallest absolute Gasteiger partial charge is 0.246 e. The quantitative estimate of drug-likeness (QED) is 0.705. The van der Waals surface area contributed by atoms with E-state index in [0.29, 0.717) is 11.6 Å². The number of hydrogen-bond donors (Lipinski definition) is 0. The summed E-state index contributed by atoms with van der Waals surface area (Å²) in [6.07, 6.45) is 3.29. The highest BCUT2D eigenvalue weighted by Crippen LogP contribution is 2.23. The van der Waals surface area contributed by atoms with E-state index < -0.39 is 0 Å². The first-order chi connectivity index (χ1) is 9.56. The zero-order chi connectivity index (χ0) is 14.5. The number of benzene rings is 1. The molecule has 2 aromatic rings. The summed E-state index contributed by atoms with van der Waals surface area (Å²) in [5.74, 6) is -0.0468. The molecule has 1 amide bonds. The van der Waals surface area contributed by atoms with Crippen LogP contribution in [0.1, 0.15) is 10.4 Å². The Balaban J connectivity index is 1.99. The van der Waals surface area contributed by atoms with Gasteiger partial charge in [0.1, 0.15) is 0 Å². The highest BCUT2D eigenvalue weighted by Gasteiger charge is 2.07. The first kappa shape index (κ1) is 15.3. The molecule has 0 atom stereocenters. The molecule has 0 N–H and O–H groups in total. The Morgan fingerprint density at radius 1 is 1.35 bits per heavy atom. The minimum Gasteiger partial charge on any atom is -0.337 e. The summed E-state index contributed by atoms with van der Waals surface area (Å²) >= 11 is 11.1. The van der Waals surface area contributed by atoms with Gasteiger partial charge in [0.15, 0.2) is 0 Å². The van der Waals surface area contributed by atoms with E-state index in [4.69, 9.17) is 11.6 Å². The third kappa shape index (κ3) is 4.20. The van der Waals surface area contributed by atoms with E-state index in [1.54, 1.807) is 41.5 Å². The molecule has 0 aliphatic heterocycles. The molecule has 20 heavy (non-hydrogen) atoms. The summed E-state index contributed by atoms with van der Waals surface area (Å²) in [5, 5.41) is 0.640. The number of rotatable bonds is 4. The fourth-order valence-corrected chi connectivity index (χ4v) is 3.38. The van der Waals surface area contributed by atoms with Crippen molar-refractivity contribution in [2.75, 3.05) is 7.05 Å². The second kappa shape index (κ2) is 7.07. The fraction of sp³-hybridized carbons (Fsp3) is 0.133. The maximum atomic E-state index is 12.0. The average Bonchev–Trinajstić information content (AvgIpc) is 2.82. The average molecular weight is 371 g/mol. The first-order valence-electron chi connectivity index (χ1n) is 5.98. The SMILES string of the molecule is CN(Cc1ccc(Br)s1)C(=O)/C=C/c1ccccc1Cl. The zero-order valence-corrected chi connectivity index (χ0v) is 14.0. The second-order valence-electron chi connectivity index (χ2n) is 4.25. The van der Waals surface area contributed by atoms with Gasteiger partial charge >= 0.3 is 0 Å². The number of likely N-dealkylation sites (N-methyl/N-ethyl adjacent to an activating group) is 1. The van der Waals surface area contributed by atoms with Gasteiger partial charge < -0.3 is 4.90 Å². The number of carbonyl (C=O) groups excluding carboxylic acids is 1. The molecule has 0 spiro atoms. The molecule has 0 saturated heterocycles. The Bertz CT molecular complexity index is 638. The molecule has 0 unspecified atom stereocenters. The highest BCUT2D eigenvalue weighted by molar-refractivity contribution is 9.11. The molecule has 0 fully saturated rings. The van der Waals surface area contributed by atoms with Gasteiger partial charge in [-0.15, -0.1) is 11.3 Å². The van der Waals surface area contributed by atoms with Gasteiger partial charge in [0.2, 0.25) is 5.91 Å². The largest absolute Gasteiger partial charge is 0.337 e. The molecule has 5 heteroatoms. The van der Waals surface area contributed by atoms with Gasteiger partial charge in [-0.3, -0.25) is 4.79 Å². The molecule has 0 aliphatic rings. The molecule has 0 bridgehead atoms. The summed E-state index contributed by atoms with van der Waals surface area (Å²) in [4.78, 5) is 14.8. The van der Waals surface area contributed by atoms with E-state index in [1.165, 1.54) is 0 Å². The van der Waals surface area contributed by atoms with Gasteiger partial charge in [0, 0.05) is 23.0 Å². The molecule has 0 aliphatic carbocycles. The van der Waals surface area contributed by atoms with Crippen LogP contribution >= 0.6 is 38.9 Å². The number of carbonyl (C=O) groups is 1. The van der Waals surface area contributed by atoms with Crippen molar-refractivity contribution in [1.29, 1.82) is 0 Å². The van der Waals surface area contributed by atoms with Gasteiger partial charge in [0.25, 0.3) is 0 Å². The van der Waals surface area contributed by atoms with Crippen LogP contribution in [0.4, 0.5) is 0 Å². The number of amides is 1. The van der Waals surface area contributed by atoms with Gasteiger partial charge in [0.05, 0.1) is 10.3 Å². The van der Waals surface area contributed by atoms with Crippen molar-refractivity contribution in [2.45, 2.75) is 6.54 Å². The molecule has 2 rings (SSSR count). The van der Waals surface area contributed by atoms with Crippen LogP contribution in [0.3, 0.4) is 0 Å². The molecule has 0 radical (unpaired) electrons. The minimum absolute atomic E-state index is 0.0468. The number of halogens is 2. The van der Waals surface area contributed by atoms with E-state index in [2.05, 4.69) is 15.9 Å². The Hall–Kier alpha value is -1.10. The number of thiophene rings is 1. The lowest BCUT2D eigenvalue weighted by Crippen LogP contribution is -2.23. The van der Waals surface area contributed by atoms with Crippen LogP contribution in [-0.2, 0) is 11.3 Å². The van der Waals surface area contributed by atoms with Crippen molar-refractivity contribution < 1.29 is 4.79 Å². The lowest BCUT2D eigenvalue weighted by atomic mass is 10.2. The molecular weight excluding hydrogens is 358 g/mol. The third-order valence-corrected chi connectivity index (χ3v) is 4.66. The number of nitrogens with zero attached hydrogens (tertiary/aromatic N) is 1. The van der Waals surface area contributed by atoms with Crippen molar-refractivity contribution in [3.63, 3.8) is 0 Å². The van der Waals surface area contributed by atoms with E-state index in [9.17, 15) is 4.79 Å². The van der Waals surface area contributed by atoms with Crippen molar-refractivity contribution >= 4 is 50.9 Å². The van der Waals surface area contributed by atoms with Gasteiger partial charge in [-0.25, -0.2) is 0 Å². The molecule has 1 aromatic heterocycles. The summed E-state index contributed by atoms with van der Waals surface area (Å²) in [6, 6.07) is 11.4. The third-order valence-electron chi connectivity index (χ3n) is 2.71. The van der Waals surface area contributed by atoms with Crippen LogP contribution in [0.2, 0.25) is 5.02 Å². The van der Waals surface area contributed by atoms with Crippen LogP contribution in [0.5, 0.6) is 0 Å². The summed E-state index contributed by atoms with van der Waals surface area (Å²) in [5.41, 5.74) is 0.842. The standard InChI is InChI=1S/C15H13BrClNOS/c1-18(10-12-7-8-14(16)20-12)15(19)9-6-11-4-2-3-5-13(11)17/h2-9H,10H2,1H3/b9-6+. The first-order valence-corrected chi connectivity index (χ1v) is 7.97. The van der Waals surface area contributed by atoms with E-state index in [1.807, 2.05) is 30.3 Å². The van der Waals surface area contributed by atoms with Gasteiger partial charge in [-0.05, 0) is 45.8 Å². The maximum Gasteiger partial charge on any atom is 0.246 e. The zero-order valence-electron chi connectivity index (χ0n) is 10.8. The predicted molar refractivity (Wildman–Crippen MR) is 89.0 cm³/mol. The topological polar surface area (TPSA) is 20.3 Å². The lowest BCUT2D eigenvalue weighted by Gasteiger charge is -2.13. The molecule has 1 heterocycles. The molecule has 0 saturated carbocycles. The minimum atomic E-state index is -0.0468. The predicted octanol–water partition coefficient (Wildman–Crippen LogP) is 4.84. The van der Waals surface area contributed by atoms with Crippen LogP contribution in [0, 0.1) is 0 Å². The normalized spacial score (nSPS) is 10.9. The van der Waals surface area contributed by atoms with E-state index in [-0.39, 0.29) is 5.91 Å². The van der Waals surface area contributed by atoms with E-state index >= 15 is 0 Å². The molecule has 2 nitrogen and oxygen atoms in total. The van der Waals surface area contributed by atoms with Crippen LogP contribution < -0.4 is 0 Å². The van der Waals surface area contributed by atoms with Crippen molar-refractivity contribution in [3.8, 4) is 0 Å². The molecular formula is C15H13BrClNOS. The molecule has 104 valence electrons. The lowest BCUT2D eigenvalue weighted by molar-refractivity contribution is -0.125. The fourth-order valence-electron chi connectivity index (χ4n) is 1.65. The highest BCUT2D eigenvalue weighted by atomic mass is 79.9. The number of hydrogen-bond acceptors (Lipinski definition) is 2. The summed E-state index contributed by atoms with van der Waals surface area (Å²) in [7, 11) is 1.78. The van der Waals surface area contributed by atoms with Crippen LogP contribution in [-0.4, -0.2) is 17.9 Å².